The summed E-state index contributed by atoms with van der Waals surface area (Å²) in [6.45, 7) is 14.8. The maximum atomic E-state index is 10.4. The molecule has 0 amide bonds. The standard InChI is InChI=1S/C12H14O3.C11H22/c1-14-10-5-6-11-9(7-10)3-2-4-12(11)15-8-13;1-9(2,3)7-11(6)8-10(11,4)5/h5-8,12H,2-4H2,1H3;7-8H2,1-6H3. The van der Waals surface area contributed by atoms with Gasteiger partial charge in [0.25, 0.3) is 6.47 Å². The van der Waals surface area contributed by atoms with Crippen LogP contribution in [0.1, 0.15) is 84.5 Å². The van der Waals surface area contributed by atoms with E-state index in [0.29, 0.717) is 22.7 Å². The van der Waals surface area contributed by atoms with Crippen molar-refractivity contribution in [1.82, 2.24) is 0 Å². The first-order chi connectivity index (χ1) is 12.0. The van der Waals surface area contributed by atoms with Crippen LogP contribution in [0.5, 0.6) is 5.75 Å². The highest BCUT2D eigenvalue weighted by Crippen LogP contribution is 2.67. The van der Waals surface area contributed by atoms with E-state index in [0.717, 1.165) is 30.6 Å². The van der Waals surface area contributed by atoms with E-state index in [1.54, 1.807) is 7.11 Å². The molecule has 0 bridgehead atoms. The van der Waals surface area contributed by atoms with Gasteiger partial charge in [-0.3, -0.25) is 4.79 Å². The number of aryl methyl sites for hydroxylation is 1. The lowest BCUT2D eigenvalue weighted by atomic mass is 9.80. The second-order valence-electron chi connectivity index (χ2n) is 10.0. The summed E-state index contributed by atoms with van der Waals surface area (Å²) in [6.07, 6.45) is 5.71. The summed E-state index contributed by atoms with van der Waals surface area (Å²) in [5.41, 5.74) is 4.09. The molecule has 3 nitrogen and oxygen atoms in total. The van der Waals surface area contributed by atoms with Crippen molar-refractivity contribution in [3.8, 4) is 5.75 Å². The summed E-state index contributed by atoms with van der Waals surface area (Å²) in [5.74, 6) is 0.862. The molecule has 0 saturated heterocycles. The van der Waals surface area contributed by atoms with E-state index < -0.39 is 0 Å². The van der Waals surface area contributed by atoms with Crippen molar-refractivity contribution in [3.05, 3.63) is 29.3 Å². The molecule has 0 radical (unpaired) electrons. The molecule has 0 spiro atoms. The molecule has 0 aromatic heterocycles. The van der Waals surface area contributed by atoms with E-state index in [4.69, 9.17) is 9.47 Å². The van der Waals surface area contributed by atoms with E-state index in [2.05, 4.69) is 41.5 Å². The molecule has 26 heavy (non-hydrogen) atoms. The van der Waals surface area contributed by atoms with Gasteiger partial charge in [-0.25, -0.2) is 0 Å². The Bertz CT molecular complexity index is 627. The van der Waals surface area contributed by atoms with Crippen LogP contribution >= 0.6 is 0 Å². The fourth-order valence-electron chi connectivity index (χ4n) is 4.49. The van der Waals surface area contributed by atoms with Gasteiger partial charge in [-0.15, -0.1) is 0 Å². The number of fused-ring (bicyclic) bond motifs is 1. The molecule has 0 N–H and O–H groups in total. The summed E-state index contributed by atoms with van der Waals surface area (Å²) >= 11 is 0. The normalized spacial score (nSPS) is 26.0. The van der Waals surface area contributed by atoms with E-state index in [1.807, 2.05) is 18.2 Å². The van der Waals surface area contributed by atoms with Gasteiger partial charge in [0.05, 0.1) is 7.11 Å². The Labute approximate surface area is 159 Å². The monoisotopic (exact) mass is 360 g/mol. The maximum Gasteiger partial charge on any atom is 0.293 e. The smallest absolute Gasteiger partial charge is 0.293 e. The van der Waals surface area contributed by atoms with Crippen molar-refractivity contribution in [2.45, 2.75) is 79.8 Å². The third kappa shape index (κ3) is 5.02. The average Bonchev–Trinajstić information content (AvgIpc) is 3.02. The quantitative estimate of drug-likeness (QED) is 0.608. The molecule has 0 heterocycles. The predicted octanol–water partition coefficient (Wildman–Crippen LogP) is 6.10. The van der Waals surface area contributed by atoms with Gasteiger partial charge in [0.15, 0.2) is 0 Å². The maximum absolute atomic E-state index is 10.4. The number of carbonyl (C=O) groups excluding carboxylic acids is 1. The summed E-state index contributed by atoms with van der Waals surface area (Å²) in [5, 5.41) is 0. The predicted molar refractivity (Wildman–Crippen MR) is 106 cm³/mol. The molecule has 3 heteroatoms. The highest BCUT2D eigenvalue weighted by atomic mass is 16.5. The SMILES string of the molecule is CC(C)(C)CC1(C)CC1(C)C.COc1ccc2c(c1)CCCC2OC=O. The molecule has 2 unspecified atom stereocenters. The third-order valence-corrected chi connectivity index (χ3v) is 6.09. The highest BCUT2D eigenvalue weighted by Gasteiger charge is 2.57. The summed E-state index contributed by atoms with van der Waals surface area (Å²) in [4.78, 5) is 10.4. The number of ether oxygens (including phenoxy) is 2. The second-order valence-corrected chi connectivity index (χ2v) is 10.0. The molecule has 2 atom stereocenters. The fourth-order valence-corrected chi connectivity index (χ4v) is 4.49. The van der Waals surface area contributed by atoms with Gasteiger partial charge in [0.2, 0.25) is 0 Å². The molecule has 0 aliphatic heterocycles. The van der Waals surface area contributed by atoms with Crippen molar-refractivity contribution in [1.29, 1.82) is 0 Å². The van der Waals surface area contributed by atoms with E-state index in [9.17, 15) is 4.79 Å². The van der Waals surface area contributed by atoms with Crippen molar-refractivity contribution < 1.29 is 14.3 Å². The summed E-state index contributed by atoms with van der Waals surface area (Å²) in [6, 6.07) is 5.92. The van der Waals surface area contributed by atoms with Gasteiger partial charge in [0, 0.05) is 0 Å². The minimum Gasteiger partial charge on any atom is -0.497 e. The van der Waals surface area contributed by atoms with Crippen LogP contribution in [0.25, 0.3) is 0 Å². The Morgan fingerprint density at radius 1 is 1.23 bits per heavy atom. The first kappa shape index (κ1) is 20.8. The molecule has 1 fully saturated rings. The van der Waals surface area contributed by atoms with Crippen LogP contribution in [0.15, 0.2) is 18.2 Å². The van der Waals surface area contributed by atoms with Gasteiger partial charge >= 0.3 is 0 Å². The topological polar surface area (TPSA) is 35.5 Å². The Morgan fingerprint density at radius 2 is 1.88 bits per heavy atom. The van der Waals surface area contributed by atoms with Crippen molar-refractivity contribution in [3.63, 3.8) is 0 Å². The van der Waals surface area contributed by atoms with E-state index in [-0.39, 0.29) is 6.10 Å². The molecule has 2 aliphatic rings. The molecular weight excluding hydrogens is 324 g/mol. The number of carbonyl (C=O) groups is 1. The lowest BCUT2D eigenvalue weighted by Crippen LogP contribution is -2.15. The Morgan fingerprint density at radius 3 is 2.35 bits per heavy atom. The molecule has 3 rings (SSSR count). The Kier molecular flexibility index (Phi) is 6.09. The number of benzene rings is 1. The van der Waals surface area contributed by atoms with E-state index >= 15 is 0 Å². The van der Waals surface area contributed by atoms with Crippen LogP contribution < -0.4 is 4.74 Å². The van der Waals surface area contributed by atoms with Crippen molar-refractivity contribution >= 4 is 6.47 Å². The minimum absolute atomic E-state index is 0.0721. The van der Waals surface area contributed by atoms with Gasteiger partial charge < -0.3 is 9.47 Å². The van der Waals surface area contributed by atoms with Gasteiger partial charge in [0.1, 0.15) is 11.9 Å². The number of hydrogen-bond donors (Lipinski definition) is 0. The zero-order valence-corrected chi connectivity index (χ0v) is 17.6. The molecular formula is C23H36O3. The lowest BCUT2D eigenvalue weighted by Gasteiger charge is -2.25. The van der Waals surface area contributed by atoms with Crippen LogP contribution in [0.2, 0.25) is 0 Å². The van der Waals surface area contributed by atoms with Gasteiger partial charge in [-0.1, -0.05) is 47.6 Å². The summed E-state index contributed by atoms with van der Waals surface area (Å²) in [7, 11) is 1.66. The zero-order chi connectivity index (χ0) is 19.6. The zero-order valence-electron chi connectivity index (χ0n) is 17.6. The number of hydrogen-bond acceptors (Lipinski definition) is 3. The lowest BCUT2D eigenvalue weighted by molar-refractivity contribution is -0.134. The van der Waals surface area contributed by atoms with Crippen LogP contribution in [-0.4, -0.2) is 13.6 Å². The summed E-state index contributed by atoms with van der Waals surface area (Å²) < 4.78 is 10.2. The van der Waals surface area contributed by atoms with Crippen LogP contribution in [0.4, 0.5) is 0 Å². The Hall–Kier alpha value is -1.51. The third-order valence-electron chi connectivity index (χ3n) is 6.09. The van der Waals surface area contributed by atoms with Crippen LogP contribution in [-0.2, 0) is 16.0 Å². The van der Waals surface area contributed by atoms with E-state index in [1.165, 1.54) is 18.4 Å². The molecule has 1 saturated carbocycles. The largest absolute Gasteiger partial charge is 0.497 e. The number of rotatable bonds is 4. The highest BCUT2D eigenvalue weighted by molar-refractivity contribution is 5.42. The first-order valence-corrected chi connectivity index (χ1v) is 9.77. The van der Waals surface area contributed by atoms with Gasteiger partial charge in [-0.2, -0.15) is 0 Å². The first-order valence-electron chi connectivity index (χ1n) is 9.77. The van der Waals surface area contributed by atoms with Crippen LogP contribution in [0.3, 0.4) is 0 Å². The molecule has 2 aliphatic carbocycles. The molecule has 1 aromatic rings. The second kappa shape index (κ2) is 7.62. The molecule has 1 aromatic carbocycles. The van der Waals surface area contributed by atoms with Gasteiger partial charge in [-0.05, 0) is 71.6 Å². The number of methoxy groups -OCH3 is 1. The molecule has 146 valence electrons. The van der Waals surface area contributed by atoms with Crippen molar-refractivity contribution in [2.75, 3.05) is 7.11 Å². The van der Waals surface area contributed by atoms with Crippen molar-refractivity contribution in [2.24, 2.45) is 16.2 Å². The minimum atomic E-state index is -0.0721. The Balaban J connectivity index is 0.000000197. The fraction of sp³-hybridized carbons (Fsp3) is 0.696. The average molecular weight is 361 g/mol. The van der Waals surface area contributed by atoms with Crippen LogP contribution in [0, 0.1) is 16.2 Å².